The summed E-state index contributed by atoms with van der Waals surface area (Å²) in [5.41, 5.74) is 0. The van der Waals surface area contributed by atoms with E-state index in [0.717, 1.165) is 0 Å². The zero-order chi connectivity index (χ0) is 13.6. The van der Waals surface area contributed by atoms with Crippen molar-refractivity contribution in [1.82, 2.24) is 0 Å². The minimum atomic E-state index is -3.65. The van der Waals surface area contributed by atoms with Crippen molar-refractivity contribution in [2.75, 3.05) is 25.6 Å². The van der Waals surface area contributed by atoms with E-state index in [4.69, 9.17) is 17.8 Å². The van der Waals surface area contributed by atoms with Crippen LogP contribution in [0.1, 0.15) is 26.7 Å². The van der Waals surface area contributed by atoms with E-state index in [9.17, 15) is 13.7 Å². The van der Waals surface area contributed by atoms with Gasteiger partial charge in [-0.05, 0) is 12.8 Å². The zero-order valence-corrected chi connectivity index (χ0v) is 12.3. The maximum Gasteiger partial charge on any atom is 0.475 e. The third kappa shape index (κ3) is 5.54. The molecule has 0 saturated carbocycles. The Bertz CT molecular complexity index is 287. The zero-order valence-electron chi connectivity index (χ0n) is 10.6. The van der Waals surface area contributed by atoms with Crippen molar-refractivity contribution >= 4 is 18.7 Å². The van der Waals surface area contributed by atoms with E-state index in [1.807, 2.05) is 13.8 Å². The molecule has 0 aromatic heterocycles. The van der Waals surface area contributed by atoms with Crippen LogP contribution in [0.4, 0.5) is 0 Å². The summed E-state index contributed by atoms with van der Waals surface area (Å²) in [5, 5.41) is 0. The highest BCUT2D eigenvalue weighted by Gasteiger charge is 2.39. The van der Waals surface area contributed by atoms with Gasteiger partial charge in [0.05, 0.1) is 36.4 Å². The molecule has 0 aliphatic carbocycles. The van der Waals surface area contributed by atoms with Gasteiger partial charge in [-0.2, -0.15) is 0 Å². The van der Waals surface area contributed by atoms with Crippen molar-refractivity contribution in [3.8, 4) is 0 Å². The molecule has 1 aliphatic rings. The van der Waals surface area contributed by atoms with Gasteiger partial charge in [0.25, 0.3) is 0 Å². The van der Waals surface area contributed by atoms with Crippen LogP contribution in [-0.4, -0.2) is 40.8 Å². The number of hydrogen-bond acceptors (Lipinski definition) is 7. The lowest BCUT2D eigenvalue weighted by atomic mass is 10.5. The molecular formula is C9H21O7PS. The van der Waals surface area contributed by atoms with Crippen LogP contribution >= 0.6 is 18.7 Å². The molecule has 0 amide bonds. The molecule has 9 heteroatoms. The molecule has 0 spiro atoms. The number of hydrogen-bond donors (Lipinski definition) is 2. The predicted molar refractivity (Wildman–Crippen MR) is 68.6 cm³/mol. The molecule has 1 saturated heterocycles. The molecule has 1 atom stereocenters. The lowest BCUT2D eigenvalue weighted by molar-refractivity contribution is 0.0754. The molecular weight excluding hydrogens is 283 g/mol. The van der Waals surface area contributed by atoms with Crippen LogP contribution in [0.25, 0.3) is 0 Å². The van der Waals surface area contributed by atoms with Gasteiger partial charge in [0, 0.05) is 0 Å². The fourth-order valence-corrected chi connectivity index (χ4v) is 4.00. The Hall–Kier alpha value is 0.340. The molecule has 0 bridgehead atoms. The highest BCUT2D eigenvalue weighted by atomic mass is 32.3. The summed E-state index contributed by atoms with van der Waals surface area (Å²) in [5.74, 6) is -0.109. The van der Waals surface area contributed by atoms with Crippen LogP contribution in [-0.2, 0) is 22.3 Å². The molecule has 1 heterocycles. The Labute approximate surface area is 109 Å². The summed E-state index contributed by atoms with van der Waals surface area (Å²) in [7, 11) is -6.71. The minimum absolute atomic E-state index is 0.0305. The van der Waals surface area contributed by atoms with Gasteiger partial charge < -0.3 is 9.11 Å². The van der Waals surface area contributed by atoms with Crippen LogP contribution in [0.2, 0.25) is 0 Å². The number of phosphoric acid groups is 1. The smallest absolute Gasteiger partial charge is 0.308 e. The van der Waals surface area contributed by atoms with Crippen LogP contribution in [0.15, 0.2) is 0 Å². The highest BCUT2D eigenvalue weighted by molar-refractivity contribution is 8.20. The molecule has 1 aliphatic heterocycles. The molecule has 1 unspecified atom stereocenters. The summed E-state index contributed by atoms with van der Waals surface area (Å²) < 4.78 is 51.0. The third-order valence-electron chi connectivity index (χ3n) is 2.03. The van der Waals surface area contributed by atoms with E-state index in [1.54, 1.807) is 0 Å². The summed E-state index contributed by atoms with van der Waals surface area (Å²) in [6.07, 6.45) is 0.674. The van der Waals surface area contributed by atoms with E-state index in [-0.39, 0.29) is 25.6 Å². The van der Waals surface area contributed by atoms with E-state index in [2.05, 4.69) is 0 Å². The monoisotopic (exact) mass is 304 g/mol. The van der Waals surface area contributed by atoms with Crippen molar-refractivity contribution in [2.24, 2.45) is 0 Å². The maximum atomic E-state index is 12.2. The normalized spacial score (nSPS) is 25.2. The molecule has 1 fully saturated rings. The van der Waals surface area contributed by atoms with Crippen LogP contribution < -0.4 is 0 Å². The Morgan fingerprint density at radius 2 is 1.83 bits per heavy atom. The predicted octanol–water partition coefficient (Wildman–Crippen LogP) is 3.03. The van der Waals surface area contributed by atoms with Gasteiger partial charge in [0.1, 0.15) is 6.10 Å². The topological polar surface area (TPSA) is 94.5 Å². The van der Waals surface area contributed by atoms with Gasteiger partial charge in [-0.15, -0.1) is 0 Å². The van der Waals surface area contributed by atoms with Crippen molar-refractivity contribution in [3.05, 3.63) is 0 Å². The third-order valence-corrected chi connectivity index (χ3v) is 4.90. The average molecular weight is 304 g/mol. The molecule has 18 heavy (non-hydrogen) atoms. The second-order valence-corrected chi connectivity index (χ2v) is 7.30. The number of phosphoric ester groups is 1. The minimum Gasteiger partial charge on any atom is -0.308 e. The fourth-order valence-electron chi connectivity index (χ4n) is 1.27. The lowest BCUT2D eigenvalue weighted by Gasteiger charge is -2.21. The summed E-state index contributed by atoms with van der Waals surface area (Å²) in [6, 6.07) is 0. The van der Waals surface area contributed by atoms with Crippen molar-refractivity contribution in [2.45, 2.75) is 32.8 Å². The first kappa shape index (κ1) is 16.4. The Balaban J connectivity index is 2.52. The molecule has 1 rings (SSSR count). The molecule has 2 N–H and O–H groups in total. The van der Waals surface area contributed by atoms with Gasteiger partial charge in [0.15, 0.2) is 0 Å². The van der Waals surface area contributed by atoms with Crippen LogP contribution in [0.5, 0.6) is 0 Å². The Morgan fingerprint density at radius 3 is 2.22 bits per heavy atom. The molecule has 0 aromatic rings. The van der Waals surface area contributed by atoms with Gasteiger partial charge in [0.2, 0.25) is 0 Å². The van der Waals surface area contributed by atoms with Gasteiger partial charge in [-0.3, -0.25) is 17.8 Å². The van der Waals surface area contributed by atoms with Gasteiger partial charge in [-0.1, -0.05) is 13.8 Å². The summed E-state index contributed by atoms with van der Waals surface area (Å²) >= 11 is 0. The van der Waals surface area contributed by atoms with Crippen LogP contribution in [0.3, 0.4) is 0 Å². The second-order valence-electron chi connectivity index (χ2n) is 3.90. The molecule has 7 nitrogen and oxygen atoms in total. The lowest BCUT2D eigenvalue weighted by Crippen LogP contribution is -2.17. The van der Waals surface area contributed by atoms with E-state index in [1.165, 1.54) is 0 Å². The average Bonchev–Trinajstić information content (AvgIpc) is 2.63. The standard InChI is InChI=1S/C9H21O7PS/c1-3-5-13-17(10,14-6-4-2)16-9-7-15-18(11,12)8-9/h9,11-12H,3-8H2,1-2H3. The second kappa shape index (κ2) is 7.21. The van der Waals surface area contributed by atoms with Crippen LogP contribution in [0, 0.1) is 0 Å². The van der Waals surface area contributed by atoms with E-state index in [0.29, 0.717) is 12.8 Å². The Kier molecular flexibility index (Phi) is 6.57. The first-order chi connectivity index (χ1) is 8.41. The summed E-state index contributed by atoms with van der Waals surface area (Å²) in [4.78, 5) is 0. The van der Waals surface area contributed by atoms with Gasteiger partial charge >= 0.3 is 7.82 Å². The van der Waals surface area contributed by atoms with Crippen molar-refractivity contribution in [3.63, 3.8) is 0 Å². The molecule has 110 valence electrons. The SMILES string of the molecule is CCCOP(=O)(OCCC)OC1COS(O)(O)C1. The van der Waals surface area contributed by atoms with E-state index < -0.39 is 24.8 Å². The first-order valence-electron chi connectivity index (χ1n) is 5.88. The van der Waals surface area contributed by atoms with Gasteiger partial charge in [-0.25, -0.2) is 4.57 Å². The largest absolute Gasteiger partial charge is 0.475 e. The number of rotatable bonds is 8. The first-order valence-corrected chi connectivity index (χ1v) is 8.98. The molecule has 0 radical (unpaired) electrons. The van der Waals surface area contributed by atoms with Crippen molar-refractivity contribution in [1.29, 1.82) is 0 Å². The highest BCUT2D eigenvalue weighted by Crippen LogP contribution is 2.55. The fraction of sp³-hybridized carbons (Fsp3) is 1.00. The Morgan fingerprint density at radius 1 is 1.28 bits per heavy atom. The van der Waals surface area contributed by atoms with E-state index >= 15 is 0 Å². The molecule has 0 aromatic carbocycles. The van der Waals surface area contributed by atoms with Crippen molar-refractivity contribution < 1.29 is 31.4 Å². The quantitative estimate of drug-likeness (QED) is 0.665. The summed E-state index contributed by atoms with van der Waals surface area (Å²) in [6.45, 7) is 4.23. The maximum absolute atomic E-state index is 12.2.